The SMILES string of the molecule is CN1C(=O)NC2(CC3(CCC(O)CC3)C2)C1=O. The molecule has 2 saturated carbocycles. The van der Waals surface area contributed by atoms with Gasteiger partial charge in [0.05, 0.1) is 6.10 Å². The fourth-order valence-electron chi connectivity index (χ4n) is 3.79. The van der Waals surface area contributed by atoms with Crippen LogP contribution in [-0.4, -0.2) is 40.6 Å². The number of nitrogens with zero attached hydrogens (tertiary/aromatic N) is 1. The number of urea groups is 1. The summed E-state index contributed by atoms with van der Waals surface area (Å²) in [6.45, 7) is 0. The van der Waals surface area contributed by atoms with Crippen LogP contribution < -0.4 is 5.32 Å². The molecular weight excluding hydrogens is 220 g/mol. The van der Waals surface area contributed by atoms with Crippen LogP contribution in [0.2, 0.25) is 0 Å². The standard InChI is InChI=1S/C12H18N2O3/c1-14-9(16)12(13-10(14)17)6-11(7-12)4-2-8(15)3-5-11/h8,15H,2-7H2,1H3,(H,13,17). The molecule has 1 saturated heterocycles. The molecule has 5 nitrogen and oxygen atoms in total. The van der Waals surface area contributed by atoms with E-state index in [0.717, 1.165) is 38.5 Å². The average molecular weight is 238 g/mol. The van der Waals surface area contributed by atoms with Crippen LogP contribution in [-0.2, 0) is 4.79 Å². The summed E-state index contributed by atoms with van der Waals surface area (Å²) in [6.07, 6.45) is 4.94. The first-order chi connectivity index (χ1) is 7.96. The molecule has 5 heteroatoms. The quantitative estimate of drug-likeness (QED) is 0.608. The van der Waals surface area contributed by atoms with Gasteiger partial charge in [0.1, 0.15) is 5.54 Å². The highest BCUT2D eigenvalue weighted by Gasteiger charge is 2.63. The van der Waals surface area contributed by atoms with Gasteiger partial charge in [0.25, 0.3) is 5.91 Å². The highest BCUT2D eigenvalue weighted by atomic mass is 16.3. The summed E-state index contributed by atoms with van der Waals surface area (Å²) in [5, 5.41) is 12.3. The predicted octanol–water partition coefficient (Wildman–Crippen LogP) is 0.622. The molecule has 3 aliphatic rings. The van der Waals surface area contributed by atoms with Crippen molar-refractivity contribution in [2.24, 2.45) is 5.41 Å². The van der Waals surface area contributed by atoms with Crippen LogP contribution in [0, 0.1) is 5.41 Å². The lowest BCUT2D eigenvalue weighted by molar-refractivity contribution is -0.142. The van der Waals surface area contributed by atoms with Gasteiger partial charge in [0.2, 0.25) is 0 Å². The molecule has 0 bridgehead atoms. The maximum Gasteiger partial charge on any atom is 0.324 e. The summed E-state index contributed by atoms with van der Waals surface area (Å²) in [4.78, 5) is 24.7. The maximum atomic E-state index is 12.0. The van der Waals surface area contributed by atoms with Gasteiger partial charge >= 0.3 is 6.03 Å². The molecule has 3 rings (SSSR count). The van der Waals surface area contributed by atoms with Gasteiger partial charge in [0, 0.05) is 7.05 Å². The zero-order valence-electron chi connectivity index (χ0n) is 10.0. The van der Waals surface area contributed by atoms with Crippen LogP contribution in [0.25, 0.3) is 0 Å². The lowest BCUT2D eigenvalue weighted by Crippen LogP contribution is -2.63. The first kappa shape index (κ1) is 11.0. The van der Waals surface area contributed by atoms with E-state index < -0.39 is 5.54 Å². The summed E-state index contributed by atoms with van der Waals surface area (Å²) in [5.41, 5.74) is -0.429. The van der Waals surface area contributed by atoms with Crippen molar-refractivity contribution in [3.63, 3.8) is 0 Å². The van der Waals surface area contributed by atoms with E-state index in [2.05, 4.69) is 5.32 Å². The van der Waals surface area contributed by atoms with Crippen molar-refractivity contribution in [2.75, 3.05) is 7.05 Å². The molecule has 0 atom stereocenters. The number of aliphatic hydroxyl groups is 1. The van der Waals surface area contributed by atoms with Crippen LogP contribution in [0.5, 0.6) is 0 Å². The minimum Gasteiger partial charge on any atom is -0.393 e. The van der Waals surface area contributed by atoms with Gasteiger partial charge in [-0.2, -0.15) is 0 Å². The zero-order chi connectivity index (χ0) is 12.3. The van der Waals surface area contributed by atoms with Gasteiger partial charge in [0.15, 0.2) is 0 Å². The molecule has 0 radical (unpaired) electrons. The Balaban J connectivity index is 1.72. The van der Waals surface area contributed by atoms with E-state index in [1.807, 2.05) is 0 Å². The minimum absolute atomic E-state index is 0.0840. The van der Waals surface area contributed by atoms with Gasteiger partial charge in [-0.15, -0.1) is 0 Å². The molecule has 17 heavy (non-hydrogen) atoms. The van der Waals surface area contributed by atoms with Gasteiger partial charge < -0.3 is 10.4 Å². The Morgan fingerprint density at radius 2 is 1.88 bits per heavy atom. The minimum atomic E-state index is -0.617. The van der Waals surface area contributed by atoms with E-state index in [9.17, 15) is 14.7 Å². The maximum absolute atomic E-state index is 12.0. The number of likely N-dealkylation sites (N-methyl/N-ethyl adjacent to an activating group) is 1. The first-order valence-corrected chi connectivity index (χ1v) is 6.25. The fraction of sp³-hybridized carbons (Fsp3) is 0.833. The number of amides is 3. The molecule has 2 aliphatic carbocycles. The normalized spacial score (nSPS) is 45.3. The van der Waals surface area contributed by atoms with Crippen molar-refractivity contribution in [3.05, 3.63) is 0 Å². The van der Waals surface area contributed by atoms with E-state index in [1.54, 1.807) is 0 Å². The van der Waals surface area contributed by atoms with Crippen molar-refractivity contribution in [2.45, 2.75) is 50.2 Å². The van der Waals surface area contributed by atoms with Gasteiger partial charge in [-0.1, -0.05) is 0 Å². The second kappa shape index (κ2) is 3.22. The van der Waals surface area contributed by atoms with Crippen molar-refractivity contribution in [3.8, 4) is 0 Å². The third kappa shape index (κ3) is 1.41. The molecule has 94 valence electrons. The second-order valence-electron chi connectivity index (χ2n) is 5.96. The average Bonchev–Trinajstić information content (AvgIpc) is 2.47. The van der Waals surface area contributed by atoms with Crippen molar-refractivity contribution >= 4 is 11.9 Å². The van der Waals surface area contributed by atoms with Crippen LogP contribution in [0.3, 0.4) is 0 Å². The summed E-state index contributed by atoms with van der Waals surface area (Å²) in [6, 6.07) is -0.277. The number of carbonyl (C=O) groups is 2. The van der Waals surface area contributed by atoms with E-state index in [1.165, 1.54) is 11.9 Å². The van der Waals surface area contributed by atoms with Crippen molar-refractivity contribution in [1.82, 2.24) is 10.2 Å². The number of hydrogen-bond acceptors (Lipinski definition) is 3. The lowest BCUT2D eigenvalue weighted by Gasteiger charge is -2.55. The summed E-state index contributed by atoms with van der Waals surface area (Å²) in [5.74, 6) is -0.0840. The Kier molecular flexibility index (Phi) is 2.09. The van der Waals surface area contributed by atoms with Crippen LogP contribution in [0.4, 0.5) is 4.79 Å². The van der Waals surface area contributed by atoms with Gasteiger partial charge in [-0.05, 0) is 43.9 Å². The fourth-order valence-corrected chi connectivity index (χ4v) is 3.79. The Hall–Kier alpha value is -1.10. The second-order valence-corrected chi connectivity index (χ2v) is 5.96. The third-order valence-electron chi connectivity index (χ3n) is 4.73. The Labute approximate surface area is 100 Å². The number of aliphatic hydroxyl groups excluding tert-OH is 1. The highest BCUT2D eigenvalue weighted by Crippen LogP contribution is 2.58. The summed E-state index contributed by atoms with van der Waals surface area (Å²) in [7, 11) is 1.53. The third-order valence-corrected chi connectivity index (χ3v) is 4.73. The molecule has 0 unspecified atom stereocenters. The predicted molar refractivity (Wildman–Crippen MR) is 60.2 cm³/mol. The van der Waals surface area contributed by atoms with E-state index in [-0.39, 0.29) is 23.5 Å². The van der Waals surface area contributed by atoms with E-state index in [0.29, 0.717) is 0 Å². The number of nitrogens with one attached hydrogen (secondary N) is 1. The smallest absolute Gasteiger partial charge is 0.324 e. The van der Waals surface area contributed by atoms with Gasteiger partial charge in [-0.3, -0.25) is 9.69 Å². The molecule has 1 heterocycles. The Bertz CT molecular complexity index is 377. The number of hydrogen-bond donors (Lipinski definition) is 2. The van der Waals surface area contributed by atoms with E-state index >= 15 is 0 Å². The summed E-state index contributed by atoms with van der Waals surface area (Å²) >= 11 is 0. The van der Waals surface area contributed by atoms with Gasteiger partial charge in [-0.25, -0.2) is 4.79 Å². The summed E-state index contributed by atoms with van der Waals surface area (Å²) < 4.78 is 0. The van der Waals surface area contributed by atoms with Crippen molar-refractivity contribution < 1.29 is 14.7 Å². The monoisotopic (exact) mass is 238 g/mol. The lowest BCUT2D eigenvalue weighted by atomic mass is 9.52. The molecule has 3 fully saturated rings. The van der Waals surface area contributed by atoms with Crippen LogP contribution in [0.1, 0.15) is 38.5 Å². The van der Waals surface area contributed by atoms with Crippen molar-refractivity contribution in [1.29, 1.82) is 0 Å². The molecule has 3 amide bonds. The molecule has 2 N–H and O–H groups in total. The molecular formula is C12H18N2O3. The molecule has 0 aromatic rings. The Morgan fingerprint density at radius 3 is 2.35 bits per heavy atom. The molecule has 0 aromatic carbocycles. The molecule has 2 spiro atoms. The van der Waals surface area contributed by atoms with Crippen LogP contribution in [0.15, 0.2) is 0 Å². The number of rotatable bonds is 0. The number of carbonyl (C=O) groups excluding carboxylic acids is 2. The zero-order valence-corrected chi connectivity index (χ0v) is 10.0. The van der Waals surface area contributed by atoms with E-state index in [4.69, 9.17) is 0 Å². The highest BCUT2D eigenvalue weighted by molar-refractivity contribution is 6.07. The van der Waals surface area contributed by atoms with Crippen LogP contribution >= 0.6 is 0 Å². The molecule has 1 aliphatic heterocycles. The Morgan fingerprint density at radius 1 is 1.29 bits per heavy atom. The largest absolute Gasteiger partial charge is 0.393 e. The number of imide groups is 1. The first-order valence-electron chi connectivity index (χ1n) is 6.25. The molecule has 0 aromatic heterocycles. The topological polar surface area (TPSA) is 69.6 Å².